The van der Waals surface area contributed by atoms with E-state index in [-0.39, 0.29) is 11.1 Å². The Labute approximate surface area is 154 Å². The van der Waals surface area contributed by atoms with Crippen LogP contribution in [0.5, 0.6) is 0 Å². The third kappa shape index (κ3) is 3.74. The molecule has 0 saturated heterocycles. The first-order chi connectivity index (χ1) is 12.1. The topological polar surface area (TPSA) is 86.2 Å². The second-order valence-corrected chi connectivity index (χ2v) is 7.78. The number of nitrogens with zero attached hydrogens (tertiary/aromatic N) is 2. The Morgan fingerprint density at radius 3 is 3.04 bits per heavy atom. The van der Waals surface area contributed by atoms with Gasteiger partial charge in [0, 0.05) is 35.6 Å². The lowest BCUT2D eigenvalue weighted by atomic mass is 10.0. The fourth-order valence-electron chi connectivity index (χ4n) is 2.72. The van der Waals surface area contributed by atoms with Gasteiger partial charge in [-0.2, -0.15) is 0 Å². The molecule has 2 aromatic heterocycles. The summed E-state index contributed by atoms with van der Waals surface area (Å²) in [5.74, 6) is 0.509. The van der Waals surface area contributed by atoms with Gasteiger partial charge in [-0.25, -0.2) is 0 Å². The van der Waals surface area contributed by atoms with E-state index in [1.54, 1.807) is 18.3 Å². The maximum atomic E-state index is 12.4. The third-order valence-electron chi connectivity index (χ3n) is 3.92. The minimum absolute atomic E-state index is 0.0823. The molecule has 0 bridgehead atoms. The van der Waals surface area contributed by atoms with Crippen LogP contribution in [0.2, 0.25) is 0 Å². The summed E-state index contributed by atoms with van der Waals surface area (Å²) in [6.07, 6.45) is 5.11. The maximum absolute atomic E-state index is 12.4. The molecule has 2 aromatic rings. The third-order valence-corrected chi connectivity index (χ3v) is 5.86. The van der Waals surface area contributed by atoms with E-state index in [2.05, 4.69) is 10.3 Å². The molecule has 0 fully saturated rings. The van der Waals surface area contributed by atoms with Crippen LogP contribution in [0.4, 0.5) is 9.80 Å². The molecule has 3 rings (SSSR count). The molecule has 0 aromatic carbocycles. The van der Waals surface area contributed by atoms with Crippen LogP contribution in [-0.4, -0.2) is 39.5 Å². The van der Waals surface area contributed by atoms with Crippen molar-refractivity contribution >= 4 is 45.5 Å². The first kappa shape index (κ1) is 17.6. The molecule has 6 nitrogen and oxygen atoms in total. The number of nitrogens with one attached hydrogen (secondary N) is 2. The fourth-order valence-corrected chi connectivity index (χ4v) is 4.54. The average Bonchev–Trinajstić information content (AvgIpc) is 2.98. The number of thiophene rings is 1. The molecule has 130 valence electrons. The Morgan fingerprint density at radius 2 is 2.36 bits per heavy atom. The smallest absolute Gasteiger partial charge is 0.281 e. The maximum Gasteiger partial charge on any atom is 0.281 e. The Kier molecular flexibility index (Phi) is 5.50. The zero-order chi connectivity index (χ0) is 17.8. The zero-order valence-corrected chi connectivity index (χ0v) is 15.4. The SMILES string of the molecule is CCSC(=O)N1CCc2c(sc(NC(=O)c3cccnc3)c2C=N)C1. The van der Waals surface area contributed by atoms with Gasteiger partial charge in [0.25, 0.3) is 11.1 Å². The van der Waals surface area contributed by atoms with Crippen molar-refractivity contribution in [1.29, 1.82) is 5.41 Å². The molecule has 2 N–H and O–H groups in total. The number of carbonyl (C=O) groups excluding carboxylic acids is 2. The van der Waals surface area contributed by atoms with Gasteiger partial charge in [0.1, 0.15) is 5.00 Å². The number of fused-ring (bicyclic) bond motifs is 1. The van der Waals surface area contributed by atoms with Gasteiger partial charge in [0.05, 0.1) is 12.1 Å². The van der Waals surface area contributed by atoms with Crippen molar-refractivity contribution in [3.8, 4) is 0 Å². The second kappa shape index (κ2) is 7.79. The van der Waals surface area contributed by atoms with Crippen molar-refractivity contribution in [2.75, 3.05) is 17.6 Å². The van der Waals surface area contributed by atoms with Crippen LogP contribution in [0, 0.1) is 5.41 Å². The number of hydrogen-bond acceptors (Lipinski definition) is 6. The highest BCUT2D eigenvalue weighted by atomic mass is 32.2. The fraction of sp³-hybridized carbons (Fsp3) is 0.294. The summed E-state index contributed by atoms with van der Waals surface area (Å²) in [4.78, 5) is 31.3. The lowest BCUT2D eigenvalue weighted by Gasteiger charge is -2.26. The standard InChI is InChI=1S/C17H18N4O2S2/c1-2-24-17(23)21-7-5-12-13(8-18)16(25-14(12)10-21)20-15(22)11-4-3-6-19-9-11/h3-4,6,8-9,18H,2,5,7,10H2,1H3,(H,20,22). The molecule has 0 unspecified atom stereocenters. The summed E-state index contributed by atoms with van der Waals surface area (Å²) in [5, 5.41) is 11.3. The van der Waals surface area contributed by atoms with Crippen molar-refractivity contribution < 1.29 is 9.59 Å². The van der Waals surface area contributed by atoms with Crippen LogP contribution in [0.15, 0.2) is 24.5 Å². The van der Waals surface area contributed by atoms with E-state index in [0.29, 0.717) is 30.1 Å². The van der Waals surface area contributed by atoms with Gasteiger partial charge in [0.15, 0.2) is 0 Å². The summed E-state index contributed by atoms with van der Waals surface area (Å²) in [6.45, 7) is 3.14. The van der Waals surface area contributed by atoms with Gasteiger partial charge in [-0.3, -0.25) is 14.6 Å². The molecular weight excluding hydrogens is 356 g/mol. The lowest BCUT2D eigenvalue weighted by Crippen LogP contribution is -2.33. The van der Waals surface area contributed by atoms with Crippen molar-refractivity contribution in [2.45, 2.75) is 19.9 Å². The summed E-state index contributed by atoms with van der Waals surface area (Å²) in [6, 6.07) is 3.41. The van der Waals surface area contributed by atoms with Crippen molar-refractivity contribution in [2.24, 2.45) is 0 Å². The van der Waals surface area contributed by atoms with Gasteiger partial charge in [-0.05, 0) is 29.9 Å². The predicted octanol–water partition coefficient (Wildman–Crippen LogP) is 3.62. The zero-order valence-electron chi connectivity index (χ0n) is 13.7. The molecular formula is C17H18N4O2S2. The largest absolute Gasteiger partial charge is 0.328 e. The molecule has 1 aliphatic heterocycles. The molecule has 0 atom stereocenters. The van der Waals surface area contributed by atoms with Gasteiger partial charge < -0.3 is 15.6 Å². The summed E-state index contributed by atoms with van der Waals surface area (Å²) < 4.78 is 0. The Hall–Kier alpha value is -2.19. The number of rotatable bonds is 4. The van der Waals surface area contributed by atoms with Crippen LogP contribution in [0.3, 0.4) is 0 Å². The highest BCUT2D eigenvalue weighted by Gasteiger charge is 2.26. The van der Waals surface area contributed by atoms with Crippen molar-refractivity contribution in [3.63, 3.8) is 0 Å². The monoisotopic (exact) mass is 374 g/mol. The van der Waals surface area contributed by atoms with Crippen LogP contribution >= 0.6 is 23.1 Å². The van der Waals surface area contributed by atoms with Crippen LogP contribution < -0.4 is 5.32 Å². The summed E-state index contributed by atoms with van der Waals surface area (Å²) in [7, 11) is 0. The van der Waals surface area contributed by atoms with Crippen LogP contribution in [0.1, 0.15) is 33.3 Å². The van der Waals surface area contributed by atoms with Crippen LogP contribution in [0.25, 0.3) is 0 Å². The second-order valence-electron chi connectivity index (χ2n) is 5.46. The normalized spacial score (nSPS) is 13.2. The summed E-state index contributed by atoms with van der Waals surface area (Å²) in [5.41, 5.74) is 2.28. The lowest BCUT2D eigenvalue weighted by molar-refractivity contribution is 0.102. The molecule has 0 radical (unpaired) electrons. The van der Waals surface area contributed by atoms with E-state index in [0.717, 1.165) is 21.8 Å². The molecule has 3 heterocycles. The average molecular weight is 374 g/mol. The minimum Gasteiger partial charge on any atom is -0.328 e. The van der Waals surface area contributed by atoms with Crippen LogP contribution in [-0.2, 0) is 13.0 Å². The first-order valence-electron chi connectivity index (χ1n) is 7.92. The molecule has 0 aliphatic carbocycles. The number of anilines is 1. The number of amides is 2. The minimum atomic E-state index is -0.246. The van der Waals surface area contributed by atoms with E-state index < -0.39 is 0 Å². The van der Waals surface area contributed by atoms with Gasteiger partial charge in [-0.1, -0.05) is 18.7 Å². The molecule has 2 amide bonds. The van der Waals surface area contributed by atoms with E-state index in [1.165, 1.54) is 35.5 Å². The van der Waals surface area contributed by atoms with E-state index in [4.69, 9.17) is 5.41 Å². The van der Waals surface area contributed by atoms with E-state index in [1.807, 2.05) is 11.8 Å². The Bertz CT molecular complexity index is 804. The Morgan fingerprint density at radius 1 is 1.52 bits per heavy atom. The molecule has 0 saturated carbocycles. The molecule has 0 spiro atoms. The number of aromatic nitrogens is 1. The van der Waals surface area contributed by atoms with Crippen molar-refractivity contribution in [1.82, 2.24) is 9.88 Å². The van der Waals surface area contributed by atoms with Gasteiger partial charge >= 0.3 is 0 Å². The van der Waals surface area contributed by atoms with Gasteiger partial charge in [-0.15, -0.1) is 11.3 Å². The predicted molar refractivity (Wildman–Crippen MR) is 102 cm³/mol. The number of hydrogen-bond donors (Lipinski definition) is 2. The number of thioether (sulfide) groups is 1. The number of pyridine rings is 1. The van der Waals surface area contributed by atoms with Gasteiger partial charge in [0.2, 0.25) is 0 Å². The highest BCUT2D eigenvalue weighted by Crippen LogP contribution is 2.37. The van der Waals surface area contributed by atoms with E-state index in [9.17, 15) is 9.59 Å². The molecule has 8 heteroatoms. The molecule has 1 aliphatic rings. The highest BCUT2D eigenvalue weighted by molar-refractivity contribution is 8.13. The number of carbonyl (C=O) groups is 2. The molecule has 25 heavy (non-hydrogen) atoms. The Balaban J connectivity index is 1.82. The quantitative estimate of drug-likeness (QED) is 0.800. The first-order valence-corrected chi connectivity index (χ1v) is 9.72. The van der Waals surface area contributed by atoms with Crippen molar-refractivity contribution in [3.05, 3.63) is 46.1 Å². The summed E-state index contributed by atoms with van der Waals surface area (Å²) >= 11 is 2.75. The van der Waals surface area contributed by atoms with E-state index >= 15 is 0 Å².